The van der Waals surface area contributed by atoms with Gasteiger partial charge in [0.15, 0.2) is 5.58 Å². The Morgan fingerprint density at radius 2 is 1.81 bits per heavy atom. The van der Waals surface area contributed by atoms with Crippen LogP contribution >= 0.6 is 0 Å². The van der Waals surface area contributed by atoms with Crippen molar-refractivity contribution in [1.29, 1.82) is 0 Å². The van der Waals surface area contributed by atoms with Crippen molar-refractivity contribution < 1.29 is 9.21 Å². The predicted octanol–water partition coefficient (Wildman–Crippen LogP) is 4.10. The number of hydrogen-bond donors (Lipinski definition) is 0. The Morgan fingerprint density at radius 1 is 1.12 bits per heavy atom. The summed E-state index contributed by atoms with van der Waals surface area (Å²) in [5, 5.41) is 0. The quantitative estimate of drug-likeness (QED) is 0.712. The van der Waals surface area contributed by atoms with Crippen LogP contribution in [0.25, 0.3) is 11.1 Å². The SMILES string of the molecule is CCN(C(=O)C1CCN(c2nc3ccccc3o2)CC1)c1ccccc1. The first-order chi connectivity index (χ1) is 12.8. The molecule has 4 rings (SSSR count). The molecule has 0 radical (unpaired) electrons. The van der Waals surface area contributed by atoms with Gasteiger partial charge in [-0.25, -0.2) is 0 Å². The van der Waals surface area contributed by atoms with Gasteiger partial charge >= 0.3 is 0 Å². The first-order valence-corrected chi connectivity index (χ1v) is 9.23. The summed E-state index contributed by atoms with van der Waals surface area (Å²) in [6, 6.07) is 18.4. The number of aromatic nitrogens is 1. The Bertz CT molecular complexity index is 849. The van der Waals surface area contributed by atoms with Crippen LogP contribution in [0.5, 0.6) is 0 Å². The van der Waals surface area contributed by atoms with E-state index in [1.807, 2.05) is 66.4 Å². The highest BCUT2D eigenvalue weighted by molar-refractivity contribution is 5.95. The zero-order valence-corrected chi connectivity index (χ0v) is 15.0. The Labute approximate surface area is 153 Å². The highest BCUT2D eigenvalue weighted by atomic mass is 16.4. The molecular weight excluding hydrogens is 326 g/mol. The number of carbonyl (C=O) groups excluding carboxylic acids is 1. The number of benzene rings is 2. The zero-order chi connectivity index (χ0) is 17.9. The minimum atomic E-state index is 0.0517. The van der Waals surface area contributed by atoms with Crippen molar-refractivity contribution in [3.05, 3.63) is 54.6 Å². The molecule has 0 spiro atoms. The summed E-state index contributed by atoms with van der Waals surface area (Å²) in [4.78, 5) is 21.6. The average Bonchev–Trinajstić information content (AvgIpc) is 3.14. The molecule has 3 aromatic rings. The summed E-state index contributed by atoms with van der Waals surface area (Å²) in [5.74, 6) is 0.270. The summed E-state index contributed by atoms with van der Waals surface area (Å²) in [5.41, 5.74) is 2.66. The van der Waals surface area contributed by atoms with Crippen LogP contribution in [0.2, 0.25) is 0 Å². The third-order valence-corrected chi connectivity index (χ3v) is 5.05. The van der Waals surface area contributed by atoms with Crippen molar-refractivity contribution in [2.45, 2.75) is 19.8 Å². The number of nitrogens with zero attached hydrogens (tertiary/aromatic N) is 3. The second-order valence-corrected chi connectivity index (χ2v) is 6.64. The molecule has 2 aromatic carbocycles. The third-order valence-electron chi connectivity index (χ3n) is 5.05. The van der Waals surface area contributed by atoms with E-state index in [-0.39, 0.29) is 11.8 Å². The fraction of sp³-hybridized carbons (Fsp3) is 0.333. The molecule has 1 amide bonds. The van der Waals surface area contributed by atoms with E-state index in [0.29, 0.717) is 12.6 Å². The second-order valence-electron chi connectivity index (χ2n) is 6.64. The molecule has 0 atom stereocenters. The van der Waals surface area contributed by atoms with Crippen molar-refractivity contribution in [1.82, 2.24) is 4.98 Å². The van der Waals surface area contributed by atoms with Crippen molar-refractivity contribution in [2.75, 3.05) is 29.4 Å². The van der Waals surface area contributed by atoms with Crippen LogP contribution in [-0.4, -0.2) is 30.5 Å². The van der Waals surface area contributed by atoms with E-state index in [0.717, 1.165) is 42.7 Å². The van der Waals surface area contributed by atoms with Gasteiger partial charge in [0.1, 0.15) is 5.52 Å². The number of fused-ring (bicyclic) bond motifs is 1. The number of carbonyl (C=O) groups is 1. The summed E-state index contributed by atoms with van der Waals surface area (Å²) in [6.45, 7) is 4.29. The Hall–Kier alpha value is -2.82. The van der Waals surface area contributed by atoms with E-state index >= 15 is 0 Å². The number of amides is 1. The van der Waals surface area contributed by atoms with Gasteiger partial charge in [-0.15, -0.1) is 0 Å². The first-order valence-electron chi connectivity index (χ1n) is 9.23. The Kier molecular flexibility index (Phi) is 4.61. The van der Waals surface area contributed by atoms with Crippen LogP contribution in [0.3, 0.4) is 0 Å². The van der Waals surface area contributed by atoms with Crippen molar-refractivity contribution in [2.24, 2.45) is 5.92 Å². The van der Waals surface area contributed by atoms with E-state index in [1.165, 1.54) is 0 Å². The molecule has 0 N–H and O–H groups in total. The molecule has 134 valence electrons. The minimum Gasteiger partial charge on any atom is -0.423 e. The molecule has 5 heteroatoms. The van der Waals surface area contributed by atoms with Gasteiger partial charge in [0, 0.05) is 31.2 Å². The van der Waals surface area contributed by atoms with E-state index in [1.54, 1.807) is 0 Å². The number of anilines is 2. The predicted molar refractivity (Wildman–Crippen MR) is 103 cm³/mol. The zero-order valence-electron chi connectivity index (χ0n) is 15.0. The fourth-order valence-corrected chi connectivity index (χ4v) is 3.61. The summed E-state index contributed by atoms with van der Waals surface area (Å²) >= 11 is 0. The molecule has 2 heterocycles. The maximum atomic E-state index is 13.0. The molecule has 1 aliphatic rings. The average molecular weight is 349 g/mol. The smallest absolute Gasteiger partial charge is 0.298 e. The van der Waals surface area contributed by atoms with Crippen molar-refractivity contribution >= 4 is 28.7 Å². The molecule has 5 nitrogen and oxygen atoms in total. The first kappa shape index (κ1) is 16.6. The number of hydrogen-bond acceptors (Lipinski definition) is 4. The lowest BCUT2D eigenvalue weighted by Crippen LogP contribution is -2.42. The standard InChI is InChI=1S/C21H23N3O2/c1-2-24(17-8-4-3-5-9-17)20(25)16-12-14-23(15-13-16)21-22-18-10-6-7-11-19(18)26-21/h3-11,16H,2,12-15H2,1H3. The Balaban J connectivity index is 1.43. The number of para-hydroxylation sites is 3. The van der Waals surface area contributed by atoms with Gasteiger partial charge in [-0.3, -0.25) is 4.79 Å². The lowest BCUT2D eigenvalue weighted by atomic mass is 9.95. The highest BCUT2D eigenvalue weighted by Gasteiger charge is 2.30. The van der Waals surface area contributed by atoms with Gasteiger partial charge in [-0.1, -0.05) is 30.3 Å². The second kappa shape index (κ2) is 7.20. The van der Waals surface area contributed by atoms with Gasteiger partial charge < -0.3 is 14.2 Å². The lowest BCUT2D eigenvalue weighted by Gasteiger charge is -2.33. The molecule has 26 heavy (non-hydrogen) atoms. The maximum Gasteiger partial charge on any atom is 0.298 e. The largest absolute Gasteiger partial charge is 0.423 e. The van der Waals surface area contributed by atoms with E-state index in [4.69, 9.17) is 4.42 Å². The van der Waals surface area contributed by atoms with E-state index in [2.05, 4.69) is 9.88 Å². The van der Waals surface area contributed by atoms with Crippen LogP contribution in [-0.2, 0) is 4.79 Å². The molecule has 0 aliphatic carbocycles. The van der Waals surface area contributed by atoms with Crippen LogP contribution in [0.15, 0.2) is 59.0 Å². The molecular formula is C21H23N3O2. The van der Waals surface area contributed by atoms with Crippen LogP contribution < -0.4 is 9.80 Å². The van der Waals surface area contributed by atoms with Crippen LogP contribution in [0.1, 0.15) is 19.8 Å². The van der Waals surface area contributed by atoms with E-state index < -0.39 is 0 Å². The highest BCUT2D eigenvalue weighted by Crippen LogP contribution is 2.28. The summed E-state index contributed by atoms with van der Waals surface area (Å²) in [6.07, 6.45) is 1.64. The summed E-state index contributed by atoms with van der Waals surface area (Å²) < 4.78 is 5.86. The van der Waals surface area contributed by atoms with Gasteiger partial charge in [-0.2, -0.15) is 4.98 Å². The number of oxazole rings is 1. The van der Waals surface area contributed by atoms with Crippen molar-refractivity contribution in [3.63, 3.8) is 0 Å². The summed E-state index contributed by atoms with van der Waals surface area (Å²) in [7, 11) is 0. The number of rotatable bonds is 4. The van der Waals surface area contributed by atoms with Crippen LogP contribution in [0.4, 0.5) is 11.7 Å². The topological polar surface area (TPSA) is 49.6 Å². The van der Waals surface area contributed by atoms with Gasteiger partial charge in [-0.05, 0) is 44.0 Å². The lowest BCUT2D eigenvalue weighted by molar-refractivity contribution is -0.122. The van der Waals surface area contributed by atoms with Crippen molar-refractivity contribution in [3.8, 4) is 0 Å². The molecule has 1 aliphatic heterocycles. The molecule has 0 saturated carbocycles. The fourth-order valence-electron chi connectivity index (χ4n) is 3.61. The van der Waals surface area contributed by atoms with Gasteiger partial charge in [0.25, 0.3) is 6.01 Å². The monoisotopic (exact) mass is 349 g/mol. The number of piperidine rings is 1. The van der Waals surface area contributed by atoms with E-state index in [9.17, 15) is 4.79 Å². The normalized spacial score (nSPS) is 15.3. The minimum absolute atomic E-state index is 0.0517. The Morgan fingerprint density at radius 3 is 2.50 bits per heavy atom. The third kappa shape index (κ3) is 3.17. The molecule has 1 fully saturated rings. The van der Waals surface area contributed by atoms with Gasteiger partial charge in [0.05, 0.1) is 0 Å². The molecule has 1 saturated heterocycles. The molecule has 1 aromatic heterocycles. The maximum absolute atomic E-state index is 13.0. The van der Waals surface area contributed by atoms with Crippen LogP contribution in [0, 0.1) is 5.92 Å². The molecule has 0 bridgehead atoms. The van der Waals surface area contributed by atoms with Gasteiger partial charge in [0.2, 0.25) is 5.91 Å². The molecule has 0 unspecified atom stereocenters.